The second-order valence-electron chi connectivity index (χ2n) is 10.2. The van der Waals surface area contributed by atoms with E-state index in [1.54, 1.807) is 62.8 Å². The highest BCUT2D eigenvalue weighted by atomic mass is 32.2. The molecule has 0 unspecified atom stereocenters. The number of fused-ring (bicyclic) bond motifs is 1. The van der Waals surface area contributed by atoms with Crippen molar-refractivity contribution in [3.05, 3.63) is 114 Å². The Hall–Kier alpha value is -4.84. The van der Waals surface area contributed by atoms with Gasteiger partial charge >= 0.3 is 0 Å². The van der Waals surface area contributed by atoms with Gasteiger partial charge in [0.2, 0.25) is 10.0 Å². The predicted octanol–water partition coefficient (Wildman–Crippen LogP) is 4.36. The molecule has 0 fully saturated rings. The SMILES string of the molecule is COc1ccc(-c2cccc(S(=O)(=O)N[C@@H](Cc3cccc(C(=N)N)c3)c3ncnc4cc(CCN)ccc34)c2)c(OC)c1. The lowest BCUT2D eigenvalue weighted by Gasteiger charge is -2.21. The van der Waals surface area contributed by atoms with Gasteiger partial charge in [0.25, 0.3) is 0 Å². The Morgan fingerprint density at radius 1 is 0.932 bits per heavy atom. The number of rotatable bonds is 12. The van der Waals surface area contributed by atoms with Gasteiger partial charge in [-0.25, -0.2) is 23.1 Å². The first kappa shape index (κ1) is 30.6. The third-order valence-corrected chi connectivity index (χ3v) is 8.80. The van der Waals surface area contributed by atoms with Crippen LogP contribution in [0.2, 0.25) is 0 Å². The third-order valence-electron chi connectivity index (χ3n) is 7.33. The van der Waals surface area contributed by atoms with Crippen molar-refractivity contribution in [3.8, 4) is 22.6 Å². The fourth-order valence-corrected chi connectivity index (χ4v) is 6.39. The number of amidine groups is 1. The van der Waals surface area contributed by atoms with Gasteiger partial charge in [-0.15, -0.1) is 0 Å². The summed E-state index contributed by atoms with van der Waals surface area (Å²) in [5.41, 5.74) is 16.5. The van der Waals surface area contributed by atoms with Crippen LogP contribution >= 0.6 is 0 Å². The van der Waals surface area contributed by atoms with E-state index in [4.69, 9.17) is 26.4 Å². The molecule has 0 aliphatic carbocycles. The Labute approximate surface area is 256 Å². The molecule has 0 aliphatic heterocycles. The quantitative estimate of drug-likeness (QED) is 0.119. The van der Waals surface area contributed by atoms with E-state index in [1.807, 2.05) is 36.4 Å². The highest BCUT2D eigenvalue weighted by Gasteiger charge is 2.26. The number of ether oxygens (including phenoxy) is 2. The van der Waals surface area contributed by atoms with Gasteiger partial charge in [-0.05, 0) is 72.5 Å². The molecule has 1 heterocycles. The van der Waals surface area contributed by atoms with Gasteiger partial charge in [0, 0.05) is 22.6 Å². The number of hydrogen-bond donors (Lipinski definition) is 4. The molecule has 0 radical (unpaired) electrons. The highest BCUT2D eigenvalue weighted by molar-refractivity contribution is 7.89. The number of nitrogen functional groups attached to an aromatic ring is 1. The number of hydrogen-bond acceptors (Lipinski definition) is 8. The summed E-state index contributed by atoms with van der Waals surface area (Å²) in [5, 5.41) is 8.58. The van der Waals surface area contributed by atoms with Gasteiger partial charge in [0.1, 0.15) is 23.7 Å². The van der Waals surface area contributed by atoms with Crippen LogP contribution in [0.25, 0.3) is 22.0 Å². The molecular formula is C33H34N6O4S. The van der Waals surface area contributed by atoms with Crippen LogP contribution in [-0.2, 0) is 22.9 Å². The van der Waals surface area contributed by atoms with Crippen molar-refractivity contribution in [3.63, 3.8) is 0 Å². The number of nitrogens with two attached hydrogens (primary N) is 2. The lowest BCUT2D eigenvalue weighted by atomic mass is 9.98. The van der Waals surface area contributed by atoms with E-state index in [0.717, 1.165) is 22.1 Å². The average Bonchev–Trinajstić information content (AvgIpc) is 3.04. The van der Waals surface area contributed by atoms with Crippen molar-refractivity contribution >= 4 is 26.8 Å². The van der Waals surface area contributed by atoms with E-state index >= 15 is 0 Å². The lowest BCUT2D eigenvalue weighted by Crippen LogP contribution is -2.31. The summed E-state index contributed by atoms with van der Waals surface area (Å²) in [6.45, 7) is 0.500. The number of nitrogens with one attached hydrogen (secondary N) is 2. The summed E-state index contributed by atoms with van der Waals surface area (Å²) >= 11 is 0. The second-order valence-corrected chi connectivity index (χ2v) is 11.9. The molecule has 1 aromatic heterocycles. The smallest absolute Gasteiger partial charge is 0.241 e. The highest BCUT2D eigenvalue weighted by Crippen LogP contribution is 2.35. The van der Waals surface area contributed by atoms with Crippen LogP contribution in [0, 0.1) is 5.41 Å². The van der Waals surface area contributed by atoms with Crippen molar-refractivity contribution in [2.75, 3.05) is 20.8 Å². The predicted molar refractivity (Wildman–Crippen MR) is 172 cm³/mol. The number of sulfonamides is 1. The largest absolute Gasteiger partial charge is 0.497 e. The molecule has 6 N–H and O–H groups in total. The van der Waals surface area contributed by atoms with Crippen LogP contribution in [0.1, 0.15) is 28.4 Å². The molecule has 1 atom stereocenters. The van der Waals surface area contributed by atoms with Crippen molar-refractivity contribution in [2.24, 2.45) is 11.5 Å². The zero-order valence-corrected chi connectivity index (χ0v) is 25.3. The maximum Gasteiger partial charge on any atom is 0.241 e. The van der Waals surface area contributed by atoms with Crippen LogP contribution in [-0.4, -0.2) is 45.0 Å². The third kappa shape index (κ3) is 6.70. The molecule has 0 spiro atoms. The monoisotopic (exact) mass is 610 g/mol. The second kappa shape index (κ2) is 13.2. The van der Waals surface area contributed by atoms with Crippen LogP contribution in [0.4, 0.5) is 0 Å². The average molecular weight is 611 g/mol. The Balaban J connectivity index is 1.57. The van der Waals surface area contributed by atoms with Gasteiger partial charge in [0.15, 0.2) is 0 Å². The fourth-order valence-electron chi connectivity index (χ4n) is 5.14. The molecule has 0 amide bonds. The van der Waals surface area contributed by atoms with E-state index in [-0.39, 0.29) is 17.2 Å². The molecule has 0 saturated heterocycles. The molecule has 5 rings (SSSR count). The van der Waals surface area contributed by atoms with Crippen LogP contribution in [0.5, 0.6) is 11.5 Å². The summed E-state index contributed by atoms with van der Waals surface area (Å²) in [7, 11) is -0.940. The molecular weight excluding hydrogens is 576 g/mol. The Morgan fingerprint density at radius 3 is 2.50 bits per heavy atom. The van der Waals surface area contributed by atoms with Gasteiger partial charge in [-0.3, -0.25) is 5.41 Å². The molecule has 5 aromatic rings. The van der Waals surface area contributed by atoms with Crippen LogP contribution in [0.15, 0.2) is 96.2 Å². The maximum absolute atomic E-state index is 14.0. The lowest BCUT2D eigenvalue weighted by molar-refractivity contribution is 0.395. The zero-order valence-electron chi connectivity index (χ0n) is 24.4. The summed E-state index contributed by atoms with van der Waals surface area (Å²) in [4.78, 5) is 9.09. The van der Waals surface area contributed by atoms with Crippen molar-refractivity contribution in [1.29, 1.82) is 5.41 Å². The Kier molecular flexibility index (Phi) is 9.19. The van der Waals surface area contributed by atoms with E-state index in [0.29, 0.717) is 46.8 Å². The van der Waals surface area contributed by atoms with Gasteiger partial charge in [-0.1, -0.05) is 42.5 Å². The van der Waals surface area contributed by atoms with E-state index in [9.17, 15) is 8.42 Å². The molecule has 4 aromatic carbocycles. The first-order valence-electron chi connectivity index (χ1n) is 13.9. The summed E-state index contributed by atoms with van der Waals surface area (Å²) in [6, 6.07) is 24.3. The number of aromatic nitrogens is 2. The summed E-state index contributed by atoms with van der Waals surface area (Å²) < 4.78 is 41.8. The molecule has 0 aliphatic rings. The number of benzene rings is 4. The van der Waals surface area contributed by atoms with Crippen molar-refractivity contribution in [2.45, 2.75) is 23.8 Å². The van der Waals surface area contributed by atoms with Gasteiger partial charge < -0.3 is 20.9 Å². The minimum Gasteiger partial charge on any atom is -0.497 e. The van der Waals surface area contributed by atoms with E-state index < -0.39 is 16.1 Å². The molecule has 44 heavy (non-hydrogen) atoms. The zero-order chi connectivity index (χ0) is 31.3. The Bertz CT molecular complexity index is 1930. The molecule has 0 bridgehead atoms. The topological polar surface area (TPSA) is 166 Å². The minimum absolute atomic E-state index is 0.0744. The summed E-state index contributed by atoms with van der Waals surface area (Å²) in [5.74, 6) is 1.10. The minimum atomic E-state index is -4.06. The van der Waals surface area contributed by atoms with Crippen molar-refractivity contribution in [1.82, 2.24) is 14.7 Å². The first-order valence-corrected chi connectivity index (χ1v) is 15.4. The van der Waals surface area contributed by atoms with Gasteiger partial charge in [-0.2, -0.15) is 0 Å². The normalized spacial score (nSPS) is 12.2. The van der Waals surface area contributed by atoms with Crippen molar-refractivity contribution < 1.29 is 17.9 Å². The molecule has 10 nitrogen and oxygen atoms in total. The van der Waals surface area contributed by atoms with E-state index in [2.05, 4.69) is 14.7 Å². The summed E-state index contributed by atoms with van der Waals surface area (Å²) in [6.07, 6.45) is 2.38. The van der Waals surface area contributed by atoms with Crippen LogP contribution < -0.4 is 25.7 Å². The molecule has 0 saturated carbocycles. The van der Waals surface area contributed by atoms with E-state index in [1.165, 1.54) is 6.33 Å². The number of methoxy groups -OCH3 is 2. The fraction of sp³-hybridized carbons (Fsp3) is 0.182. The maximum atomic E-state index is 14.0. The van der Waals surface area contributed by atoms with Crippen LogP contribution in [0.3, 0.4) is 0 Å². The number of nitrogens with zero attached hydrogens (tertiary/aromatic N) is 2. The van der Waals surface area contributed by atoms with Gasteiger partial charge in [0.05, 0.1) is 36.4 Å². The Morgan fingerprint density at radius 2 is 1.75 bits per heavy atom. The standard InChI is InChI=1S/C33H34N6O4S/c1-42-25-10-12-27(31(19-25)43-2)23-6-4-8-26(18-23)44(40,41)39-30(17-22-5-3-7-24(15-22)33(35)36)32-28-11-9-21(13-14-34)16-29(28)37-20-38-32/h3-12,15-16,18-20,30,39H,13-14,17,34H2,1-2H3,(H3,35,36)/t30-/m0/s1. The molecule has 11 heteroatoms. The molecule has 226 valence electrons. The first-order chi connectivity index (χ1) is 21.2.